The minimum Gasteiger partial charge on any atom is -0.350 e. The van der Waals surface area contributed by atoms with Crippen molar-refractivity contribution in [1.82, 2.24) is 15.1 Å². The van der Waals surface area contributed by atoms with Crippen molar-refractivity contribution < 1.29 is 13.6 Å². The lowest BCUT2D eigenvalue weighted by atomic mass is 10.1. The van der Waals surface area contributed by atoms with Gasteiger partial charge in [-0.15, -0.1) is 0 Å². The minimum absolute atomic E-state index is 0.00117. The molecule has 0 aliphatic carbocycles. The Hall–Kier alpha value is -1.83. The van der Waals surface area contributed by atoms with Gasteiger partial charge in [0, 0.05) is 32.7 Å². The molecule has 2 aromatic rings. The van der Waals surface area contributed by atoms with E-state index in [2.05, 4.69) is 27.5 Å². The van der Waals surface area contributed by atoms with Crippen LogP contribution in [0, 0.1) is 11.6 Å². The lowest BCUT2D eigenvalue weighted by Gasteiger charge is -2.38. The molecule has 1 aromatic heterocycles. The van der Waals surface area contributed by atoms with Crippen LogP contribution in [0.1, 0.15) is 22.0 Å². The van der Waals surface area contributed by atoms with Gasteiger partial charge in [0.05, 0.1) is 6.04 Å². The maximum Gasteiger partial charge on any atom is 0.257 e. The average Bonchev–Trinajstić information content (AvgIpc) is 3.11. The second kappa shape index (κ2) is 8.03. The molecule has 4 nitrogen and oxygen atoms in total. The Morgan fingerprint density at radius 2 is 1.88 bits per heavy atom. The predicted molar refractivity (Wildman–Crippen MR) is 94.8 cm³/mol. The molecule has 1 N–H and O–H groups in total. The van der Waals surface area contributed by atoms with Gasteiger partial charge in [0.1, 0.15) is 17.2 Å². The van der Waals surface area contributed by atoms with Crippen LogP contribution >= 0.6 is 11.3 Å². The average molecular weight is 365 g/mol. The van der Waals surface area contributed by atoms with Gasteiger partial charge in [-0.3, -0.25) is 9.69 Å². The normalized spacial score (nSPS) is 17.4. The van der Waals surface area contributed by atoms with Gasteiger partial charge in [0.2, 0.25) is 0 Å². The summed E-state index contributed by atoms with van der Waals surface area (Å²) in [6.07, 6.45) is 0. The highest BCUT2D eigenvalue weighted by atomic mass is 32.1. The van der Waals surface area contributed by atoms with Crippen molar-refractivity contribution in [3.63, 3.8) is 0 Å². The number of likely N-dealkylation sites (N-methyl/N-ethyl adjacent to an activating group) is 1. The summed E-state index contributed by atoms with van der Waals surface area (Å²) in [5.74, 6) is -2.40. The Kier molecular flexibility index (Phi) is 5.78. The molecular formula is C18H21F2N3OS. The van der Waals surface area contributed by atoms with Crippen molar-refractivity contribution in [2.45, 2.75) is 6.04 Å². The number of benzene rings is 1. The molecule has 134 valence electrons. The minimum atomic E-state index is -0.843. The summed E-state index contributed by atoms with van der Waals surface area (Å²) in [5, 5.41) is 6.76. The molecule has 1 aromatic carbocycles. The standard InChI is InChI=1S/C18H21F2N3OS/c1-22-6-8-23(9-7-22)16(13-5-10-25-12-13)11-21-18(24)17-14(19)3-2-4-15(17)20/h2-5,10,12,16H,6-9,11H2,1H3,(H,21,24). The number of piperazine rings is 1. The topological polar surface area (TPSA) is 35.6 Å². The first kappa shape index (κ1) is 18.0. The molecule has 0 bridgehead atoms. The first-order chi connectivity index (χ1) is 12.1. The molecular weight excluding hydrogens is 344 g/mol. The van der Waals surface area contributed by atoms with E-state index in [4.69, 9.17) is 0 Å². The van der Waals surface area contributed by atoms with Gasteiger partial charge in [-0.05, 0) is 41.6 Å². The summed E-state index contributed by atoms with van der Waals surface area (Å²) in [6.45, 7) is 4.00. The van der Waals surface area contributed by atoms with Crippen LogP contribution < -0.4 is 5.32 Å². The fourth-order valence-electron chi connectivity index (χ4n) is 3.05. The Balaban J connectivity index is 1.72. The van der Waals surface area contributed by atoms with Crippen LogP contribution in [0.4, 0.5) is 8.78 Å². The molecule has 1 unspecified atom stereocenters. The maximum atomic E-state index is 13.8. The lowest BCUT2D eigenvalue weighted by molar-refractivity contribution is 0.0879. The van der Waals surface area contributed by atoms with Gasteiger partial charge < -0.3 is 10.2 Å². The molecule has 0 saturated carbocycles. The number of carbonyl (C=O) groups excluding carboxylic acids is 1. The Morgan fingerprint density at radius 1 is 1.20 bits per heavy atom. The zero-order valence-electron chi connectivity index (χ0n) is 14.0. The number of nitrogens with one attached hydrogen (secondary N) is 1. The summed E-state index contributed by atoms with van der Waals surface area (Å²) in [4.78, 5) is 16.8. The van der Waals surface area contributed by atoms with Gasteiger partial charge in [-0.2, -0.15) is 11.3 Å². The smallest absolute Gasteiger partial charge is 0.257 e. The van der Waals surface area contributed by atoms with Gasteiger partial charge in [0.25, 0.3) is 5.91 Å². The van der Waals surface area contributed by atoms with Crippen molar-refractivity contribution in [2.24, 2.45) is 0 Å². The maximum absolute atomic E-state index is 13.8. The highest BCUT2D eigenvalue weighted by molar-refractivity contribution is 7.07. The van der Waals surface area contributed by atoms with Crippen LogP contribution in [-0.2, 0) is 0 Å². The number of thiophene rings is 1. The van der Waals surface area contributed by atoms with Crippen LogP contribution in [0.5, 0.6) is 0 Å². The third-order valence-electron chi connectivity index (χ3n) is 4.55. The van der Waals surface area contributed by atoms with Crippen molar-refractivity contribution >= 4 is 17.2 Å². The van der Waals surface area contributed by atoms with E-state index >= 15 is 0 Å². The fourth-order valence-corrected chi connectivity index (χ4v) is 3.76. The summed E-state index contributed by atoms with van der Waals surface area (Å²) in [7, 11) is 2.08. The van der Waals surface area contributed by atoms with E-state index in [0.29, 0.717) is 6.54 Å². The van der Waals surface area contributed by atoms with Crippen LogP contribution in [0.2, 0.25) is 0 Å². The van der Waals surface area contributed by atoms with E-state index in [0.717, 1.165) is 43.9 Å². The van der Waals surface area contributed by atoms with E-state index in [9.17, 15) is 13.6 Å². The van der Waals surface area contributed by atoms with E-state index < -0.39 is 23.1 Å². The summed E-state index contributed by atoms with van der Waals surface area (Å²) in [6, 6.07) is 5.46. The van der Waals surface area contributed by atoms with Crippen LogP contribution in [0.15, 0.2) is 35.0 Å². The molecule has 7 heteroatoms. The summed E-state index contributed by atoms with van der Waals surface area (Å²) < 4.78 is 27.6. The van der Waals surface area contributed by atoms with E-state index in [1.165, 1.54) is 6.07 Å². The van der Waals surface area contributed by atoms with Crippen molar-refractivity contribution in [1.29, 1.82) is 0 Å². The van der Waals surface area contributed by atoms with E-state index in [-0.39, 0.29) is 6.04 Å². The van der Waals surface area contributed by atoms with Gasteiger partial charge in [0.15, 0.2) is 0 Å². The number of rotatable bonds is 5. The van der Waals surface area contributed by atoms with Crippen molar-refractivity contribution in [3.8, 4) is 0 Å². The first-order valence-corrected chi connectivity index (χ1v) is 9.17. The van der Waals surface area contributed by atoms with Gasteiger partial charge >= 0.3 is 0 Å². The predicted octanol–water partition coefficient (Wildman–Crippen LogP) is 2.74. The number of nitrogens with zero attached hydrogens (tertiary/aromatic N) is 2. The second-order valence-corrected chi connectivity index (χ2v) is 7.00. The number of amides is 1. The molecule has 1 saturated heterocycles. The van der Waals surface area contributed by atoms with E-state index in [1.807, 2.05) is 11.4 Å². The lowest BCUT2D eigenvalue weighted by Crippen LogP contribution is -2.48. The second-order valence-electron chi connectivity index (χ2n) is 6.22. The van der Waals surface area contributed by atoms with Crippen molar-refractivity contribution in [3.05, 3.63) is 57.8 Å². The molecule has 0 radical (unpaired) electrons. The third-order valence-corrected chi connectivity index (χ3v) is 5.25. The molecule has 1 atom stereocenters. The largest absolute Gasteiger partial charge is 0.350 e. The molecule has 1 amide bonds. The first-order valence-electron chi connectivity index (χ1n) is 8.23. The Labute approximate surface area is 150 Å². The molecule has 1 fully saturated rings. The number of halogens is 2. The zero-order chi connectivity index (χ0) is 17.8. The summed E-state index contributed by atoms with van der Waals surface area (Å²) >= 11 is 1.60. The highest BCUT2D eigenvalue weighted by Gasteiger charge is 2.26. The molecule has 2 heterocycles. The SMILES string of the molecule is CN1CCN(C(CNC(=O)c2c(F)cccc2F)c2ccsc2)CC1. The third kappa shape index (κ3) is 4.23. The van der Waals surface area contributed by atoms with Crippen LogP contribution in [-0.4, -0.2) is 55.5 Å². The summed E-state index contributed by atoms with van der Waals surface area (Å²) in [5.41, 5.74) is 0.591. The van der Waals surface area contributed by atoms with Crippen molar-refractivity contribution in [2.75, 3.05) is 39.8 Å². The quantitative estimate of drug-likeness (QED) is 0.885. The molecule has 1 aliphatic rings. The van der Waals surface area contributed by atoms with Gasteiger partial charge in [-0.25, -0.2) is 8.78 Å². The molecule has 25 heavy (non-hydrogen) atoms. The zero-order valence-corrected chi connectivity index (χ0v) is 14.9. The monoisotopic (exact) mass is 365 g/mol. The number of hydrogen-bond acceptors (Lipinski definition) is 4. The Bertz CT molecular complexity index is 695. The molecule has 3 rings (SSSR count). The highest BCUT2D eigenvalue weighted by Crippen LogP contribution is 2.24. The molecule has 1 aliphatic heterocycles. The molecule has 0 spiro atoms. The Morgan fingerprint density at radius 3 is 2.48 bits per heavy atom. The van der Waals surface area contributed by atoms with Gasteiger partial charge in [-0.1, -0.05) is 6.07 Å². The number of carbonyl (C=O) groups is 1. The van der Waals surface area contributed by atoms with E-state index in [1.54, 1.807) is 11.3 Å². The number of hydrogen-bond donors (Lipinski definition) is 1. The fraction of sp³-hybridized carbons (Fsp3) is 0.389. The van der Waals surface area contributed by atoms with Crippen LogP contribution in [0.25, 0.3) is 0 Å². The van der Waals surface area contributed by atoms with Crippen LogP contribution in [0.3, 0.4) is 0 Å².